The number of rotatable bonds is 3. The molecule has 0 saturated carbocycles. The Morgan fingerprint density at radius 2 is 2.35 bits per heavy atom. The van der Waals surface area contributed by atoms with Crippen LogP contribution in [-0.4, -0.2) is 74.1 Å². The average Bonchev–Trinajstić information content (AvgIpc) is 2.40. The molecule has 0 aliphatic carbocycles. The fourth-order valence-corrected chi connectivity index (χ4v) is 2.20. The Morgan fingerprint density at radius 1 is 1.47 bits per heavy atom. The zero-order chi connectivity index (χ0) is 12.1. The molecule has 0 spiro atoms. The lowest BCUT2D eigenvalue weighted by Crippen LogP contribution is -2.52. The van der Waals surface area contributed by atoms with Gasteiger partial charge in [-0.05, 0) is 0 Å². The Labute approximate surface area is 101 Å². The van der Waals surface area contributed by atoms with E-state index in [2.05, 4.69) is 5.32 Å². The summed E-state index contributed by atoms with van der Waals surface area (Å²) in [5.74, 6) is 0.0426. The van der Waals surface area contributed by atoms with Crippen LogP contribution in [0.25, 0.3) is 0 Å². The van der Waals surface area contributed by atoms with Gasteiger partial charge in [0, 0.05) is 19.6 Å². The zero-order valence-electron chi connectivity index (χ0n) is 9.93. The molecular formula is C11H20N2O4. The third-order valence-corrected chi connectivity index (χ3v) is 3.17. The van der Waals surface area contributed by atoms with Crippen molar-refractivity contribution in [3.8, 4) is 0 Å². The second-order valence-electron chi connectivity index (χ2n) is 4.40. The maximum Gasteiger partial charge on any atom is 0.225 e. The van der Waals surface area contributed by atoms with E-state index in [1.54, 1.807) is 4.90 Å². The first kappa shape index (κ1) is 12.8. The van der Waals surface area contributed by atoms with Gasteiger partial charge >= 0.3 is 0 Å². The van der Waals surface area contributed by atoms with Crippen molar-refractivity contribution >= 4 is 5.91 Å². The smallest absolute Gasteiger partial charge is 0.225 e. The molecule has 2 N–H and O–H groups in total. The van der Waals surface area contributed by atoms with Crippen molar-refractivity contribution in [2.45, 2.75) is 18.6 Å². The van der Waals surface area contributed by atoms with Crippen LogP contribution in [0, 0.1) is 0 Å². The van der Waals surface area contributed by atoms with Crippen molar-refractivity contribution < 1.29 is 19.4 Å². The fraction of sp³-hybridized carbons (Fsp3) is 0.909. The standard InChI is InChI=1S/C11H20N2O4/c14-7-9-8-16-4-2-13(9)11(15)5-10-6-12-1-3-17-10/h9-10,12,14H,1-8H2. The van der Waals surface area contributed by atoms with Gasteiger partial charge < -0.3 is 24.8 Å². The molecule has 1 amide bonds. The number of ether oxygens (including phenoxy) is 2. The second-order valence-corrected chi connectivity index (χ2v) is 4.40. The summed E-state index contributed by atoms with van der Waals surface area (Å²) in [6, 6.07) is -0.201. The highest BCUT2D eigenvalue weighted by atomic mass is 16.5. The Bertz CT molecular complexity index is 256. The highest BCUT2D eigenvalue weighted by Gasteiger charge is 2.28. The number of hydrogen-bond donors (Lipinski definition) is 2. The minimum atomic E-state index is -0.201. The summed E-state index contributed by atoms with van der Waals surface area (Å²) >= 11 is 0. The number of morpholine rings is 2. The Balaban J connectivity index is 1.84. The molecule has 17 heavy (non-hydrogen) atoms. The normalized spacial score (nSPS) is 30.3. The van der Waals surface area contributed by atoms with Gasteiger partial charge in [-0.15, -0.1) is 0 Å². The van der Waals surface area contributed by atoms with E-state index in [1.807, 2.05) is 0 Å². The summed E-state index contributed by atoms with van der Waals surface area (Å²) in [6.45, 7) is 3.71. The van der Waals surface area contributed by atoms with E-state index in [0.717, 1.165) is 13.1 Å². The van der Waals surface area contributed by atoms with Crippen LogP contribution >= 0.6 is 0 Å². The molecule has 2 aliphatic rings. The quantitative estimate of drug-likeness (QED) is 0.638. The third kappa shape index (κ3) is 3.38. The lowest BCUT2D eigenvalue weighted by molar-refractivity contribution is -0.145. The first-order valence-corrected chi connectivity index (χ1v) is 6.11. The van der Waals surface area contributed by atoms with Crippen molar-refractivity contribution in [3.05, 3.63) is 0 Å². The van der Waals surface area contributed by atoms with E-state index in [9.17, 15) is 9.90 Å². The van der Waals surface area contributed by atoms with E-state index in [-0.39, 0.29) is 24.7 Å². The van der Waals surface area contributed by atoms with Crippen LogP contribution in [0.5, 0.6) is 0 Å². The maximum absolute atomic E-state index is 12.1. The average molecular weight is 244 g/mol. The SMILES string of the molecule is O=C(CC1CNCCO1)N1CCOCC1CO. The number of amides is 1. The van der Waals surface area contributed by atoms with Gasteiger partial charge in [0.1, 0.15) is 0 Å². The van der Waals surface area contributed by atoms with Crippen molar-refractivity contribution in [1.82, 2.24) is 10.2 Å². The van der Waals surface area contributed by atoms with Gasteiger partial charge in [-0.3, -0.25) is 4.79 Å². The molecular weight excluding hydrogens is 224 g/mol. The predicted molar refractivity (Wildman–Crippen MR) is 60.6 cm³/mol. The first-order valence-electron chi connectivity index (χ1n) is 6.11. The van der Waals surface area contributed by atoms with E-state index < -0.39 is 0 Å². The molecule has 2 aliphatic heterocycles. The zero-order valence-corrected chi connectivity index (χ0v) is 9.93. The van der Waals surface area contributed by atoms with Gasteiger partial charge in [0.05, 0.1) is 45.0 Å². The highest BCUT2D eigenvalue weighted by molar-refractivity contribution is 5.77. The molecule has 2 fully saturated rings. The molecule has 0 aromatic carbocycles. The highest BCUT2D eigenvalue weighted by Crippen LogP contribution is 2.11. The third-order valence-electron chi connectivity index (χ3n) is 3.17. The largest absolute Gasteiger partial charge is 0.394 e. The lowest BCUT2D eigenvalue weighted by Gasteiger charge is -2.35. The Kier molecular flexibility index (Phi) is 4.73. The number of nitrogens with zero attached hydrogens (tertiary/aromatic N) is 1. The summed E-state index contributed by atoms with van der Waals surface area (Å²) in [7, 11) is 0. The minimum Gasteiger partial charge on any atom is -0.394 e. The van der Waals surface area contributed by atoms with Crippen LogP contribution in [-0.2, 0) is 14.3 Å². The van der Waals surface area contributed by atoms with E-state index in [1.165, 1.54) is 0 Å². The topological polar surface area (TPSA) is 71.0 Å². The van der Waals surface area contributed by atoms with Crippen molar-refractivity contribution in [1.29, 1.82) is 0 Å². The van der Waals surface area contributed by atoms with Crippen LogP contribution < -0.4 is 5.32 Å². The summed E-state index contributed by atoms with van der Waals surface area (Å²) in [5, 5.41) is 12.4. The van der Waals surface area contributed by atoms with Crippen LogP contribution in [0.1, 0.15) is 6.42 Å². The molecule has 2 rings (SSSR count). The number of carbonyl (C=O) groups is 1. The van der Waals surface area contributed by atoms with E-state index in [0.29, 0.717) is 32.8 Å². The number of aliphatic hydroxyl groups is 1. The van der Waals surface area contributed by atoms with E-state index in [4.69, 9.17) is 9.47 Å². The van der Waals surface area contributed by atoms with E-state index >= 15 is 0 Å². The number of hydrogen-bond acceptors (Lipinski definition) is 5. The van der Waals surface area contributed by atoms with Crippen molar-refractivity contribution in [3.63, 3.8) is 0 Å². The molecule has 0 radical (unpaired) electrons. The molecule has 0 aromatic rings. The Hall–Kier alpha value is -0.690. The van der Waals surface area contributed by atoms with Gasteiger partial charge in [-0.2, -0.15) is 0 Å². The summed E-state index contributed by atoms with van der Waals surface area (Å²) in [4.78, 5) is 13.8. The molecule has 6 nitrogen and oxygen atoms in total. The second kappa shape index (κ2) is 6.30. The maximum atomic E-state index is 12.1. The molecule has 98 valence electrons. The number of carbonyl (C=O) groups excluding carboxylic acids is 1. The molecule has 2 atom stereocenters. The predicted octanol–water partition coefficient (Wildman–Crippen LogP) is -1.42. The molecule has 2 heterocycles. The van der Waals surface area contributed by atoms with Gasteiger partial charge in [0.2, 0.25) is 5.91 Å². The molecule has 2 unspecified atom stereocenters. The molecule has 0 aromatic heterocycles. The van der Waals surface area contributed by atoms with Crippen LogP contribution in [0.15, 0.2) is 0 Å². The summed E-state index contributed by atoms with van der Waals surface area (Å²) < 4.78 is 10.8. The molecule has 2 saturated heterocycles. The summed E-state index contributed by atoms with van der Waals surface area (Å²) in [6.07, 6.45) is 0.335. The van der Waals surface area contributed by atoms with Crippen molar-refractivity contribution in [2.75, 3.05) is 46.1 Å². The van der Waals surface area contributed by atoms with Crippen LogP contribution in [0.4, 0.5) is 0 Å². The van der Waals surface area contributed by atoms with Crippen LogP contribution in [0.3, 0.4) is 0 Å². The fourth-order valence-electron chi connectivity index (χ4n) is 2.20. The van der Waals surface area contributed by atoms with Gasteiger partial charge in [0.15, 0.2) is 0 Å². The van der Waals surface area contributed by atoms with Gasteiger partial charge in [-0.1, -0.05) is 0 Å². The summed E-state index contributed by atoms with van der Waals surface area (Å²) in [5.41, 5.74) is 0. The van der Waals surface area contributed by atoms with Crippen LogP contribution in [0.2, 0.25) is 0 Å². The molecule has 0 bridgehead atoms. The minimum absolute atomic E-state index is 0.0426. The monoisotopic (exact) mass is 244 g/mol. The lowest BCUT2D eigenvalue weighted by atomic mass is 10.1. The van der Waals surface area contributed by atoms with Gasteiger partial charge in [-0.25, -0.2) is 0 Å². The first-order chi connectivity index (χ1) is 8.31. The number of nitrogens with one attached hydrogen (secondary N) is 1. The molecule has 6 heteroatoms. The van der Waals surface area contributed by atoms with Crippen molar-refractivity contribution in [2.24, 2.45) is 0 Å². The van der Waals surface area contributed by atoms with Gasteiger partial charge in [0.25, 0.3) is 0 Å². The Morgan fingerprint density at radius 3 is 3.06 bits per heavy atom. The number of aliphatic hydroxyl groups excluding tert-OH is 1.